The molecule has 1 amide bonds. The number of anilines is 3. The Morgan fingerprint density at radius 3 is 2.83 bits per heavy atom. The van der Waals surface area contributed by atoms with E-state index in [9.17, 15) is 4.79 Å². The van der Waals surface area contributed by atoms with Gasteiger partial charge in [-0.2, -0.15) is 0 Å². The molecular formula is C18H21N3O2. The molecule has 5 nitrogen and oxygen atoms in total. The fourth-order valence-electron chi connectivity index (χ4n) is 2.70. The van der Waals surface area contributed by atoms with Gasteiger partial charge in [0.2, 0.25) is 5.91 Å². The number of para-hydroxylation sites is 1. The van der Waals surface area contributed by atoms with E-state index < -0.39 is 0 Å². The van der Waals surface area contributed by atoms with E-state index in [-0.39, 0.29) is 18.6 Å². The third-order valence-corrected chi connectivity index (χ3v) is 3.89. The molecule has 5 heteroatoms. The van der Waals surface area contributed by atoms with Gasteiger partial charge < -0.3 is 20.7 Å². The molecule has 0 bridgehead atoms. The molecule has 0 fully saturated rings. The maximum absolute atomic E-state index is 12.3. The Balaban J connectivity index is 1.76. The first-order valence-corrected chi connectivity index (χ1v) is 7.81. The lowest BCUT2D eigenvalue weighted by atomic mass is 10.1. The van der Waals surface area contributed by atoms with E-state index in [1.54, 1.807) is 0 Å². The average molecular weight is 311 g/mol. The number of carbonyl (C=O) groups excluding carboxylic acids is 1. The molecule has 0 radical (unpaired) electrons. The maximum atomic E-state index is 12.3. The second-order valence-corrected chi connectivity index (χ2v) is 5.67. The summed E-state index contributed by atoms with van der Waals surface area (Å²) in [5.74, 6) is 0.728. The van der Waals surface area contributed by atoms with Crippen LogP contribution in [0.25, 0.3) is 0 Å². The molecule has 3 N–H and O–H groups in total. The van der Waals surface area contributed by atoms with Gasteiger partial charge in [0.15, 0.2) is 0 Å². The number of benzene rings is 2. The van der Waals surface area contributed by atoms with Crippen molar-refractivity contribution in [3.63, 3.8) is 0 Å². The van der Waals surface area contributed by atoms with Gasteiger partial charge in [0.05, 0.1) is 18.8 Å². The van der Waals surface area contributed by atoms with Crippen molar-refractivity contribution in [2.45, 2.75) is 19.4 Å². The number of rotatable bonds is 4. The van der Waals surface area contributed by atoms with Gasteiger partial charge in [0, 0.05) is 11.4 Å². The molecule has 1 aliphatic heterocycles. The summed E-state index contributed by atoms with van der Waals surface area (Å²) in [5.41, 5.74) is 8.22. The van der Waals surface area contributed by atoms with E-state index >= 15 is 0 Å². The molecule has 1 atom stereocenters. The van der Waals surface area contributed by atoms with Gasteiger partial charge in [-0.25, -0.2) is 0 Å². The summed E-state index contributed by atoms with van der Waals surface area (Å²) in [6.45, 7) is 3.02. The number of nitrogens with two attached hydrogens (primary N) is 1. The quantitative estimate of drug-likeness (QED) is 0.852. The van der Waals surface area contributed by atoms with Crippen molar-refractivity contribution in [1.82, 2.24) is 0 Å². The van der Waals surface area contributed by atoms with Gasteiger partial charge in [0.1, 0.15) is 11.9 Å². The van der Waals surface area contributed by atoms with Crippen LogP contribution >= 0.6 is 0 Å². The van der Waals surface area contributed by atoms with Gasteiger partial charge >= 0.3 is 0 Å². The van der Waals surface area contributed by atoms with E-state index in [1.807, 2.05) is 53.4 Å². The highest BCUT2D eigenvalue weighted by atomic mass is 16.5. The van der Waals surface area contributed by atoms with Crippen molar-refractivity contribution in [2.75, 3.05) is 29.0 Å². The van der Waals surface area contributed by atoms with Crippen molar-refractivity contribution in [1.29, 1.82) is 0 Å². The lowest BCUT2D eigenvalue weighted by molar-refractivity contribution is -0.115. The second-order valence-electron chi connectivity index (χ2n) is 5.67. The van der Waals surface area contributed by atoms with Gasteiger partial charge in [-0.05, 0) is 36.8 Å². The summed E-state index contributed by atoms with van der Waals surface area (Å²) in [6, 6.07) is 15.0. The zero-order valence-electron chi connectivity index (χ0n) is 13.2. The summed E-state index contributed by atoms with van der Waals surface area (Å²) in [5, 5.41) is 2.91. The molecule has 23 heavy (non-hydrogen) atoms. The maximum Gasteiger partial charge on any atom is 0.243 e. The van der Waals surface area contributed by atoms with Crippen molar-refractivity contribution in [2.24, 2.45) is 0 Å². The molecule has 2 aromatic carbocycles. The summed E-state index contributed by atoms with van der Waals surface area (Å²) in [4.78, 5) is 14.4. The fraction of sp³-hybridized carbons (Fsp3) is 0.278. The molecule has 3 rings (SSSR count). The van der Waals surface area contributed by atoms with Crippen LogP contribution in [0.4, 0.5) is 17.1 Å². The molecule has 0 aromatic heterocycles. The van der Waals surface area contributed by atoms with Crippen LogP contribution in [0.5, 0.6) is 5.75 Å². The Morgan fingerprint density at radius 1 is 1.30 bits per heavy atom. The highest BCUT2D eigenvalue weighted by Crippen LogP contribution is 2.35. The van der Waals surface area contributed by atoms with Crippen molar-refractivity contribution in [3.8, 4) is 5.75 Å². The SMILES string of the molecule is CCC1CN(CC(=O)Nc2ccccc2)c2cc(N)ccc2O1. The molecule has 1 unspecified atom stereocenters. The molecule has 0 saturated heterocycles. The van der Waals surface area contributed by atoms with Crippen molar-refractivity contribution in [3.05, 3.63) is 48.5 Å². The van der Waals surface area contributed by atoms with Crippen LogP contribution in [0, 0.1) is 0 Å². The van der Waals surface area contributed by atoms with Gasteiger partial charge in [0.25, 0.3) is 0 Å². The van der Waals surface area contributed by atoms with Crippen LogP contribution < -0.4 is 20.7 Å². The Labute approximate surface area is 136 Å². The van der Waals surface area contributed by atoms with Crippen LogP contribution in [0.3, 0.4) is 0 Å². The zero-order chi connectivity index (χ0) is 16.2. The first-order valence-electron chi connectivity index (χ1n) is 7.81. The summed E-state index contributed by atoms with van der Waals surface area (Å²) in [6.07, 6.45) is 0.969. The average Bonchev–Trinajstić information content (AvgIpc) is 2.56. The first kappa shape index (κ1) is 15.2. The third-order valence-electron chi connectivity index (χ3n) is 3.89. The molecule has 0 aliphatic carbocycles. The number of hydrogen-bond donors (Lipinski definition) is 2. The molecule has 2 aromatic rings. The van der Waals surface area contributed by atoms with Crippen LogP contribution in [-0.2, 0) is 4.79 Å². The van der Waals surface area contributed by atoms with Crippen LogP contribution in [0.15, 0.2) is 48.5 Å². The minimum atomic E-state index is -0.0543. The summed E-state index contributed by atoms with van der Waals surface area (Å²) < 4.78 is 5.94. The fourth-order valence-corrected chi connectivity index (χ4v) is 2.70. The van der Waals surface area contributed by atoms with Crippen molar-refractivity contribution >= 4 is 23.0 Å². The highest BCUT2D eigenvalue weighted by molar-refractivity contribution is 5.94. The van der Waals surface area contributed by atoms with Crippen molar-refractivity contribution < 1.29 is 9.53 Å². The summed E-state index contributed by atoms with van der Waals surface area (Å²) in [7, 11) is 0. The Kier molecular flexibility index (Phi) is 4.37. The van der Waals surface area contributed by atoms with Gasteiger partial charge in [-0.1, -0.05) is 25.1 Å². The monoisotopic (exact) mass is 311 g/mol. The van der Waals surface area contributed by atoms with Crippen LogP contribution in [-0.4, -0.2) is 25.1 Å². The number of fused-ring (bicyclic) bond motifs is 1. The molecule has 1 heterocycles. The standard InChI is InChI=1S/C18H21N3O2/c1-2-15-11-21(16-10-13(19)8-9-17(16)23-15)12-18(22)20-14-6-4-3-5-7-14/h3-10,15H,2,11-12,19H2,1H3,(H,20,22). The Hall–Kier alpha value is -2.69. The van der Waals surface area contributed by atoms with E-state index in [0.717, 1.165) is 23.5 Å². The number of nitrogens with one attached hydrogen (secondary N) is 1. The predicted octanol–water partition coefficient (Wildman–Crippen LogP) is 2.88. The van der Waals surface area contributed by atoms with Gasteiger partial charge in [-0.15, -0.1) is 0 Å². The number of ether oxygens (including phenoxy) is 1. The topological polar surface area (TPSA) is 67.6 Å². The number of nitrogen functional groups attached to an aromatic ring is 1. The number of carbonyl (C=O) groups is 1. The first-order chi connectivity index (χ1) is 11.2. The Bertz CT molecular complexity index is 688. The number of amides is 1. The molecular weight excluding hydrogens is 290 g/mol. The lowest BCUT2D eigenvalue weighted by Gasteiger charge is -2.35. The van der Waals surface area contributed by atoms with Gasteiger partial charge in [-0.3, -0.25) is 4.79 Å². The molecule has 0 spiro atoms. The van der Waals surface area contributed by atoms with E-state index in [0.29, 0.717) is 12.2 Å². The Morgan fingerprint density at radius 2 is 2.09 bits per heavy atom. The zero-order valence-corrected chi connectivity index (χ0v) is 13.2. The highest BCUT2D eigenvalue weighted by Gasteiger charge is 2.26. The van der Waals surface area contributed by atoms with E-state index in [4.69, 9.17) is 10.5 Å². The number of nitrogens with zero attached hydrogens (tertiary/aromatic N) is 1. The summed E-state index contributed by atoms with van der Waals surface area (Å²) >= 11 is 0. The molecule has 1 aliphatic rings. The van der Waals surface area contributed by atoms with E-state index in [2.05, 4.69) is 12.2 Å². The predicted molar refractivity (Wildman–Crippen MR) is 92.8 cm³/mol. The molecule has 0 saturated carbocycles. The van der Waals surface area contributed by atoms with Crippen LogP contribution in [0.2, 0.25) is 0 Å². The lowest BCUT2D eigenvalue weighted by Crippen LogP contribution is -2.43. The molecule has 120 valence electrons. The largest absolute Gasteiger partial charge is 0.486 e. The minimum absolute atomic E-state index is 0.0543. The minimum Gasteiger partial charge on any atom is -0.486 e. The second kappa shape index (κ2) is 6.60. The smallest absolute Gasteiger partial charge is 0.243 e. The normalized spacial score (nSPS) is 16.4. The number of hydrogen-bond acceptors (Lipinski definition) is 4. The third kappa shape index (κ3) is 3.56. The van der Waals surface area contributed by atoms with Crippen LogP contribution in [0.1, 0.15) is 13.3 Å². The van der Waals surface area contributed by atoms with E-state index in [1.165, 1.54) is 0 Å².